The summed E-state index contributed by atoms with van der Waals surface area (Å²) in [6.45, 7) is 4.02. The van der Waals surface area contributed by atoms with Crippen molar-refractivity contribution in [2.24, 2.45) is 0 Å². The molecule has 2 nitrogen and oxygen atoms in total. The number of aryl methyl sites for hydroxylation is 2. The molecule has 3 aromatic rings. The lowest BCUT2D eigenvalue weighted by atomic mass is 10.1. The van der Waals surface area contributed by atoms with Crippen LogP contribution in [0.3, 0.4) is 0 Å². The maximum Gasteiger partial charge on any atom is 0.197 e. The Morgan fingerprint density at radius 1 is 0.824 bits per heavy atom. The van der Waals surface area contributed by atoms with Gasteiger partial charge in [0.2, 0.25) is 0 Å². The molecule has 0 fully saturated rings. The van der Waals surface area contributed by atoms with Crippen molar-refractivity contribution >= 4 is 21.8 Å². The lowest BCUT2D eigenvalue weighted by Gasteiger charge is -2.04. The number of rotatable bonds is 0. The summed E-state index contributed by atoms with van der Waals surface area (Å²) in [5, 5.41) is 1.52. The molecule has 0 atom stereocenters. The van der Waals surface area contributed by atoms with Crippen LogP contribution in [0.25, 0.3) is 21.8 Å². The number of hydrogen-bond donors (Lipinski definition) is 1. The van der Waals surface area contributed by atoms with Crippen LogP contribution >= 0.6 is 0 Å². The molecule has 1 aromatic heterocycles. The Balaban J connectivity index is 2.57. The lowest BCUT2D eigenvalue weighted by Crippen LogP contribution is -2.04. The Kier molecular flexibility index (Phi) is 2.05. The van der Waals surface area contributed by atoms with E-state index in [1.165, 1.54) is 0 Å². The Morgan fingerprint density at radius 2 is 1.53 bits per heavy atom. The van der Waals surface area contributed by atoms with Gasteiger partial charge in [0.15, 0.2) is 5.43 Å². The molecule has 84 valence electrons. The molecule has 0 aliphatic carbocycles. The molecule has 3 rings (SSSR count). The summed E-state index contributed by atoms with van der Waals surface area (Å²) in [6, 6.07) is 11.8. The second-order valence-electron chi connectivity index (χ2n) is 4.55. The molecule has 0 saturated heterocycles. The molecule has 0 aliphatic heterocycles. The van der Waals surface area contributed by atoms with Crippen molar-refractivity contribution in [2.75, 3.05) is 0 Å². The molecule has 1 N–H and O–H groups in total. The average molecular weight is 223 g/mol. The summed E-state index contributed by atoms with van der Waals surface area (Å²) in [5.74, 6) is 0. The van der Waals surface area contributed by atoms with Crippen LogP contribution < -0.4 is 5.43 Å². The van der Waals surface area contributed by atoms with E-state index in [-0.39, 0.29) is 5.43 Å². The van der Waals surface area contributed by atoms with E-state index in [9.17, 15) is 4.79 Å². The topological polar surface area (TPSA) is 32.9 Å². The molecule has 17 heavy (non-hydrogen) atoms. The van der Waals surface area contributed by atoms with Gasteiger partial charge in [-0.1, -0.05) is 17.7 Å². The van der Waals surface area contributed by atoms with Crippen molar-refractivity contribution in [3.05, 3.63) is 57.7 Å². The first kappa shape index (κ1) is 10.1. The molecule has 2 heteroatoms. The Bertz CT molecular complexity index is 784. The van der Waals surface area contributed by atoms with Crippen molar-refractivity contribution in [3.8, 4) is 0 Å². The van der Waals surface area contributed by atoms with E-state index in [1.807, 2.05) is 50.2 Å². The van der Waals surface area contributed by atoms with Gasteiger partial charge in [-0.15, -0.1) is 0 Å². The number of hydrogen-bond acceptors (Lipinski definition) is 1. The van der Waals surface area contributed by atoms with Gasteiger partial charge < -0.3 is 4.98 Å². The first-order chi connectivity index (χ1) is 8.15. The fourth-order valence-corrected chi connectivity index (χ4v) is 2.20. The standard InChI is InChI=1S/C15H13NO/c1-9-4-6-13-12(7-9)15(17)11-5-3-10(2)8-14(11)16-13/h3-8H,1-2H3,(H,16,17). The minimum absolute atomic E-state index is 0.109. The van der Waals surface area contributed by atoms with Crippen molar-refractivity contribution in [3.63, 3.8) is 0 Å². The van der Waals surface area contributed by atoms with Gasteiger partial charge in [0.1, 0.15) is 0 Å². The molecule has 1 heterocycles. The Morgan fingerprint density at radius 3 is 2.35 bits per heavy atom. The van der Waals surface area contributed by atoms with Crippen molar-refractivity contribution < 1.29 is 0 Å². The van der Waals surface area contributed by atoms with Crippen LogP contribution in [0.5, 0.6) is 0 Å². The molecular weight excluding hydrogens is 210 g/mol. The summed E-state index contributed by atoms with van der Waals surface area (Å²) >= 11 is 0. The van der Waals surface area contributed by atoms with E-state index in [4.69, 9.17) is 0 Å². The second-order valence-corrected chi connectivity index (χ2v) is 4.55. The predicted octanol–water partition coefficient (Wildman–Crippen LogP) is 3.30. The van der Waals surface area contributed by atoms with E-state index in [0.29, 0.717) is 0 Å². The van der Waals surface area contributed by atoms with Crippen molar-refractivity contribution in [1.82, 2.24) is 4.98 Å². The van der Waals surface area contributed by atoms with E-state index < -0.39 is 0 Å². The summed E-state index contributed by atoms with van der Waals surface area (Å²) < 4.78 is 0. The van der Waals surface area contributed by atoms with Crippen LogP contribution in [0.4, 0.5) is 0 Å². The van der Waals surface area contributed by atoms with Crippen LogP contribution in [0.2, 0.25) is 0 Å². The smallest absolute Gasteiger partial charge is 0.197 e. The highest BCUT2D eigenvalue weighted by atomic mass is 16.1. The number of H-pyrrole nitrogens is 1. The molecular formula is C15H13NO. The van der Waals surface area contributed by atoms with Crippen LogP contribution in [-0.4, -0.2) is 4.98 Å². The van der Waals surface area contributed by atoms with Gasteiger partial charge in [0.25, 0.3) is 0 Å². The van der Waals surface area contributed by atoms with Gasteiger partial charge in [-0.25, -0.2) is 0 Å². The molecule has 0 amide bonds. The number of aromatic amines is 1. The first-order valence-corrected chi connectivity index (χ1v) is 5.68. The number of benzene rings is 2. The number of nitrogens with one attached hydrogen (secondary N) is 1. The third-order valence-electron chi connectivity index (χ3n) is 3.11. The largest absolute Gasteiger partial charge is 0.354 e. The molecule has 0 aliphatic rings. The highest BCUT2D eigenvalue weighted by Crippen LogP contribution is 2.16. The molecule has 0 saturated carbocycles. The maximum absolute atomic E-state index is 12.3. The van der Waals surface area contributed by atoms with Gasteiger partial charge in [-0.3, -0.25) is 4.79 Å². The zero-order chi connectivity index (χ0) is 12.0. The van der Waals surface area contributed by atoms with Crippen LogP contribution in [0.15, 0.2) is 41.2 Å². The Labute approximate surface area is 98.9 Å². The van der Waals surface area contributed by atoms with Gasteiger partial charge in [0.05, 0.1) is 0 Å². The molecule has 0 unspecified atom stereocenters. The summed E-state index contributed by atoms with van der Waals surface area (Å²) in [5.41, 5.74) is 4.18. The highest BCUT2D eigenvalue weighted by Gasteiger charge is 2.05. The zero-order valence-corrected chi connectivity index (χ0v) is 9.87. The predicted molar refractivity (Wildman–Crippen MR) is 71.5 cm³/mol. The van der Waals surface area contributed by atoms with Gasteiger partial charge in [0, 0.05) is 21.8 Å². The normalized spacial score (nSPS) is 11.2. The van der Waals surface area contributed by atoms with E-state index in [1.54, 1.807) is 0 Å². The number of aromatic nitrogens is 1. The number of fused-ring (bicyclic) bond motifs is 2. The number of pyridine rings is 1. The summed E-state index contributed by atoms with van der Waals surface area (Å²) in [7, 11) is 0. The maximum atomic E-state index is 12.3. The summed E-state index contributed by atoms with van der Waals surface area (Å²) in [4.78, 5) is 15.6. The van der Waals surface area contributed by atoms with Gasteiger partial charge in [-0.05, 0) is 43.7 Å². The van der Waals surface area contributed by atoms with E-state index in [2.05, 4.69) is 4.98 Å². The van der Waals surface area contributed by atoms with E-state index in [0.717, 1.165) is 32.9 Å². The van der Waals surface area contributed by atoms with Crippen molar-refractivity contribution in [2.45, 2.75) is 13.8 Å². The minimum atomic E-state index is 0.109. The minimum Gasteiger partial charge on any atom is -0.354 e. The van der Waals surface area contributed by atoms with E-state index >= 15 is 0 Å². The first-order valence-electron chi connectivity index (χ1n) is 5.68. The van der Waals surface area contributed by atoms with Gasteiger partial charge >= 0.3 is 0 Å². The summed E-state index contributed by atoms with van der Waals surface area (Å²) in [6.07, 6.45) is 0. The lowest BCUT2D eigenvalue weighted by molar-refractivity contribution is 1.41. The quantitative estimate of drug-likeness (QED) is 0.583. The fraction of sp³-hybridized carbons (Fsp3) is 0.133. The third-order valence-corrected chi connectivity index (χ3v) is 3.11. The molecule has 0 bridgehead atoms. The van der Waals surface area contributed by atoms with Crippen LogP contribution in [0, 0.1) is 13.8 Å². The zero-order valence-electron chi connectivity index (χ0n) is 9.87. The fourth-order valence-electron chi connectivity index (χ4n) is 2.20. The molecule has 0 radical (unpaired) electrons. The highest BCUT2D eigenvalue weighted by molar-refractivity contribution is 5.92. The average Bonchev–Trinajstić information content (AvgIpc) is 2.30. The monoisotopic (exact) mass is 223 g/mol. The van der Waals surface area contributed by atoms with Crippen LogP contribution in [0.1, 0.15) is 11.1 Å². The van der Waals surface area contributed by atoms with Gasteiger partial charge in [-0.2, -0.15) is 0 Å². The van der Waals surface area contributed by atoms with Crippen molar-refractivity contribution in [1.29, 1.82) is 0 Å². The SMILES string of the molecule is Cc1ccc2c(=O)c3cc(C)ccc3[nH]c2c1. The van der Waals surface area contributed by atoms with Crippen LogP contribution in [-0.2, 0) is 0 Å². The Hall–Kier alpha value is -2.09. The molecule has 0 spiro atoms. The third kappa shape index (κ3) is 1.53. The molecule has 2 aromatic carbocycles. The second kappa shape index (κ2) is 3.45.